The molecule has 3 aromatic carbocycles. The van der Waals surface area contributed by atoms with Crippen molar-refractivity contribution < 1.29 is 19.1 Å². The van der Waals surface area contributed by atoms with Crippen molar-refractivity contribution in [2.24, 2.45) is 0 Å². The van der Waals surface area contributed by atoms with Crippen molar-refractivity contribution in [2.75, 3.05) is 7.11 Å². The van der Waals surface area contributed by atoms with E-state index in [1.54, 1.807) is 60.7 Å². The number of rotatable bonds is 6. The number of carbonyl (C=O) groups excluding carboxylic acids is 3. The lowest BCUT2D eigenvalue weighted by molar-refractivity contribution is -0.135. The fourth-order valence-corrected chi connectivity index (χ4v) is 3.33. The number of allylic oxidation sites excluding steroid dienone is 1. The molecular weight excluding hydrogens is 423 g/mol. The van der Waals surface area contributed by atoms with Gasteiger partial charge in [-0.25, -0.2) is 4.79 Å². The Balaban J connectivity index is 2.31. The van der Waals surface area contributed by atoms with Crippen molar-refractivity contribution in [3.05, 3.63) is 111 Å². The van der Waals surface area contributed by atoms with E-state index in [-0.39, 0.29) is 22.3 Å². The SMILES string of the molecule is COC(=O)/C(C(=O)c1cccc(Cl)c1)=C(\C(=O)c1cccc(Cl)c1)c1ccccc1. The van der Waals surface area contributed by atoms with Crippen LogP contribution in [0.25, 0.3) is 5.57 Å². The normalized spacial score (nSPS) is 11.4. The molecule has 0 saturated heterocycles. The van der Waals surface area contributed by atoms with Crippen molar-refractivity contribution in [1.82, 2.24) is 0 Å². The van der Waals surface area contributed by atoms with E-state index in [1.807, 2.05) is 0 Å². The molecule has 4 nitrogen and oxygen atoms in total. The van der Waals surface area contributed by atoms with Gasteiger partial charge in [0.15, 0.2) is 5.78 Å². The minimum Gasteiger partial charge on any atom is -0.465 e. The van der Waals surface area contributed by atoms with Gasteiger partial charge in [-0.15, -0.1) is 0 Å². The predicted molar refractivity (Wildman–Crippen MR) is 117 cm³/mol. The summed E-state index contributed by atoms with van der Waals surface area (Å²) in [7, 11) is 1.15. The first-order valence-electron chi connectivity index (χ1n) is 8.91. The first kappa shape index (κ1) is 21.5. The smallest absolute Gasteiger partial charge is 0.342 e. The molecule has 30 heavy (non-hydrogen) atoms. The van der Waals surface area contributed by atoms with Gasteiger partial charge in [0, 0.05) is 26.7 Å². The molecule has 3 aromatic rings. The van der Waals surface area contributed by atoms with Crippen LogP contribution in [0.1, 0.15) is 26.3 Å². The molecule has 0 unspecified atom stereocenters. The number of ketones is 2. The summed E-state index contributed by atoms with van der Waals surface area (Å²) in [4.78, 5) is 39.5. The van der Waals surface area contributed by atoms with E-state index in [4.69, 9.17) is 27.9 Å². The molecule has 0 aromatic heterocycles. The summed E-state index contributed by atoms with van der Waals surface area (Å²) in [6, 6.07) is 20.9. The van der Waals surface area contributed by atoms with Crippen LogP contribution in [-0.4, -0.2) is 24.6 Å². The third kappa shape index (κ3) is 4.67. The van der Waals surface area contributed by atoms with Gasteiger partial charge < -0.3 is 4.74 Å². The topological polar surface area (TPSA) is 60.4 Å². The maximum atomic E-state index is 13.5. The molecule has 0 fully saturated rings. The van der Waals surface area contributed by atoms with Crippen LogP contribution in [0.4, 0.5) is 0 Å². The second-order valence-electron chi connectivity index (χ2n) is 6.29. The standard InChI is InChI=1S/C24H16Cl2O4/c1-30-24(29)21(23(28)17-10-6-12-19(26)14-17)20(15-7-3-2-4-8-15)22(27)16-9-5-11-18(25)13-16/h2-14H,1H3/b21-20-. The molecule has 0 spiro atoms. The Hall–Kier alpha value is -3.21. The van der Waals surface area contributed by atoms with Gasteiger partial charge in [0.05, 0.1) is 7.11 Å². The molecule has 0 atom stereocenters. The zero-order valence-corrected chi connectivity index (χ0v) is 17.4. The van der Waals surface area contributed by atoms with Gasteiger partial charge in [-0.05, 0) is 29.8 Å². The van der Waals surface area contributed by atoms with Gasteiger partial charge in [0.2, 0.25) is 5.78 Å². The number of methoxy groups -OCH3 is 1. The van der Waals surface area contributed by atoms with Gasteiger partial charge in [0.25, 0.3) is 0 Å². The van der Waals surface area contributed by atoms with Crippen LogP contribution < -0.4 is 0 Å². The molecule has 0 aliphatic heterocycles. The maximum Gasteiger partial charge on any atom is 0.342 e. The molecule has 0 bridgehead atoms. The van der Waals surface area contributed by atoms with Gasteiger partial charge in [-0.3, -0.25) is 9.59 Å². The largest absolute Gasteiger partial charge is 0.465 e. The molecule has 150 valence electrons. The van der Waals surface area contributed by atoms with E-state index in [1.165, 1.54) is 18.2 Å². The number of carbonyl (C=O) groups is 3. The number of benzene rings is 3. The minimum absolute atomic E-state index is 0.0744. The van der Waals surface area contributed by atoms with Crippen molar-refractivity contribution in [1.29, 1.82) is 0 Å². The molecule has 0 amide bonds. The highest BCUT2D eigenvalue weighted by molar-refractivity contribution is 6.42. The molecular formula is C24H16Cl2O4. The molecule has 0 radical (unpaired) electrons. The van der Waals surface area contributed by atoms with Crippen LogP contribution in [-0.2, 0) is 9.53 Å². The fraction of sp³-hybridized carbons (Fsp3) is 0.0417. The highest BCUT2D eigenvalue weighted by Crippen LogP contribution is 2.28. The molecule has 0 aliphatic carbocycles. The lowest BCUT2D eigenvalue weighted by atomic mass is 9.88. The first-order chi connectivity index (χ1) is 14.4. The molecule has 0 saturated carbocycles. The number of hydrogen-bond donors (Lipinski definition) is 0. The minimum atomic E-state index is -0.922. The Morgan fingerprint density at radius 2 is 1.17 bits per heavy atom. The Morgan fingerprint density at radius 3 is 1.67 bits per heavy atom. The summed E-state index contributed by atoms with van der Waals surface area (Å²) >= 11 is 12.1. The lowest BCUT2D eigenvalue weighted by Crippen LogP contribution is -2.20. The van der Waals surface area contributed by atoms with Crippen LogP contribution >= 0.6 is 23.2 Å². The summed E-state index contributed by atoms with van der Waals surface area (Å²) in [5.41, 5.74) is 0.348. The van der Waals surface area contributed by atoms with E-state index in [0.29, 0.717) is 15.6 Å². The molecule has 0 aliphatic rings. The second-order valence-corrected chi connectivity index (χ2v) is 7.16. The summed E-state index contributed by atoms with van der Waals surface area (Å²) in [5.74, 6) is -2.12. The Kier molecular flexibility index (Phi) is 6.83. The van der Waals surface area contributed by atoms with E-state index in [9.17, 15) is 14.4 Å². The average molecular weight is 439 g/mol. The Morgan fingerprint density at radius 1 is 0.667 bits per heavy atom. The first-order valence-corrected chi connectivity index (χ1v) is 9.66. The Bertz CT molecular complexity index is 1150. The van der Waals surface area contributed by atoms with E-state index in [0.717, 1.165) is 7.11 Å². The predicted octanol–water partition coefficient (Wildman–Crippen LogP) is 5.69. The summed E-state index contributed by atoms with van der Waals surface area (Å²) in [6.07, 6.45) is 0. The lowest BCUT2D eigenvalue weighted by Gasteiger charge is -2.14. The molecule has 6 heteroatoms. The number of Topliss-reactive ketones (excluding diaryl/α,β-unsaturated/α-hetero) is 2. The number of ether oxygens (including phenoxy) is 1. The van der Waals surface area contributed by atoms with Gasteiger partial charge in [-0.2, -0.15) is 0 Å². The zero-order valence-electron chi connectivity index (χ0n) is 15.9. The zero-order chi connectivity index (χ0) is 21.7. The van der Waals surface area contributed by atoms with Crippen LogP contribution in [0.2, 0.25) is 10.0 Å². The molecule has 3 rings (SSSR count). The van der Waals surface area contributed by atoms with E-state index in [2.05, 4.69) is 0 Å². The molecule has 0 N–H and O–H groups in total. The van der Waals surface area contributed by atoms with Crippen LogP contribution in [0, 0.1) is 0 Å². The number of halogens is 2. The maximum absolute atomic E-state index is 13.5. The molecule has 0 heterocycles. The number of hydrogen-bond acceptors (Lipinski definition) is 4. The summed E-state index contributed by atoms with van der Waals surface area (Å²) in [5, 5.41) is 0.682. The van der Waals surface area contributed by atoms with Crippen LogP contribution in [0.5, 0.6) is 0 Å². The monoisotopic (exact) mass is 438 g/mol. The average Bonchev–Trinajstić information content (AvgIpc) is 2.76. The van der Waals surface area contributed by atoms with Gasteiger partial charge in [-0.1, -0.05) is 77.8 Å². The Labute approximate surface area is 183 Å². The van der Waals surface area contributed by atoms with Crippen LogP contribution in [0.3, 0.4) is 0 Å². The van der Waals surface area contributed by atoms with Gasteiger partial charge >= 0.3 is 5.97 Å². The van der Waals surface area contributed by atoms with Crippen molar-refractivity contribution in [3.8, 4) is 0 Å². The summed E-state index contributed by atoms with van der Waals surface area (Å²) in [6.45, 7) is 0. The van der Waals surface area contributed by atoms with Gasteiger partial charge in [0.1, 0.15) is 5.57 Å². The van der Waals surface area contributed by atoms with Crippen molar-refractivity contribution in [2.45, 2.75) is 0 Å². The summed E-state index contributed by atoms with van der Waals surface area (Å²) < 4.78 is 4.87. The van der Waals surface area contributed by atoms with E-state index < -0.39 is 17.5 Å². The van der Waals surface area contributed by atoms with Crippen LogP contribution in [0.15, 0.2) is 84.4 Å². The van der Waals surface area contributed by atoms with E-state index >= 15 is 0 Å². The quantitative estimate of drug-likeness (QED) is 0.163. The fourth-order valence-electron chi connectivity index (χ4n) is 2.95. The van der Waals surface area contributed by atoms with Crippen molar-refractivity contribution in [3.63, 3.8) is 0 Å². The highest BCUT2D eigenvalue weighted by atomic mass is 35.5. The third-order valence-electron chi connectivity index (χ3n) is 4.33. The second kappa shape index (κ2) is 9.53. The van der Waals surface area contributed by atoms with Crippen molar-refractivity contribution >= 4 is 46.3 Å². The highest BCUT2D eigenvalue weighted by Gasteiger charge is 2.30. The third-order valence-corrected chi connectivity index (χ3v) is 4.80. The number of esters is 1.